The van der Waals surface area contributed by atoms with Gasteiger partial charge in [0.15, 0.2) is 37.2 Å². The fourth-order valence-corrected chi connectivity index (χ4v) is 10.1. The summed E-state index contributed by atoms with van der Waals surface area (Å²) in [7, 11) is 0. The van der Waals surface area contributed by atoms with Gasteiger partial charge in [0, 0.05) is 12.5 Å². The molecule has 0 spiro atoms. The van der Waals surface area contributed by atoms with Crippen molar-refractivity contribution in [1.82, 2.24) is 0 Å². The van der Waals surface area contributed by atoms with Gasteiger partial charge in [-0.2, -0.15) is 0 Å². The zero-order valence-electron chi connectivity index (χ0n) is 45.2. The Labute approximate surface area is 440 Å². The second-order valence-corrected chi connectivity index (χ2v) is 21.3. The van der Waals surface area contributed by atoms with E-state index in [9.17, 15) is 54.9 Å². The molecule has 22 heteroatoms. The smallest absolute Gasteiger partial charge is 0.330 e. The first kappa shape index (κ1) is 62.9. The molecule has 432 valence electrons. The predicted octanol–water partition coefficient (Wildman–Crippen LogP) is 2.56. The molecule has 0 aromatic heterocycles. The predicted molar refractivity (Wildman–Crippen MR) is 263 cm³/mol. The summed E-state index contributed by atoms with van der Waals surface area (Å²) >= 11 is 0. The molecule has 23 atom stereocenters. The summed E-state index contributed by atoms with van der Waals surface area (Å²) in [6.07, 6.45) is -19.8. The van der Waals surface area contributed by atoms with Crippen molar-refractivity contribution < 1.29 is 107 Å². The Hall–Kier alpha value is -2.94. The number of fused-ring (bicyclic) bond motifs is 5. The lowest BCUT2D eigenvalue weighted by molar-refractivity contribution is -0.378. The monoisotopic (exact) mass is 1080 g/mol. The highest BCUT2D eigenvalue weighted by atomic mass is 16.8. The molecule has 5 aliphatic heterocycles. The fraction of sp³-hybridized carbons (Fsp3) is 0.887. The van der Waals surface area contributed by atoms with Crippen LogP contribution in [-0.4, -0.2) is 195 Å². The van der Waals surface area contributed by atoms with E-state index in [-0.39, 0.29) is 12.5 Å². The maximum Gasteiger partial charge on any atom is 0.330 e. The lowest BCUT2D eigenvalue weighted by Gasteiger charge is -2.52. The summed E-state index contributed by atoms with van der Waals surface area (Å²) < 4.78 is 68.4. The Morgan fingerprint density at radius 3 is 1.96 bits per heavy atom. The molecule has 5 saturated heterocycles. The molecule has 7 N–H and O–H groups in total. The second kappa shape index (κ2) is 29.9. The normalized spacial score (nSPS) is 40.7. The van der Waals surface area contributed by atoms with E-state index in [0.29, 0.717) is 25.7 Å². The molecule has 0 radical (unpaired) electrons. The van der Waals surface area contributed by atoms with Gasteiger partial charge in [0.05, 0.1) is 60.5 Å². The standard InChI is InChI=1S/C53H88O22/c1-10-12-18-22-32-23-19-16-14-13-15-17-20-24-35(56)72-47-44(74-52-42(62)41(61)43(30(8)67-52)71-34(55)21-11-2)31(9)68-53(48(47)73-50(64)27(5)28(6)54)75-46-40(60)38(58)33(25-65-49(63)26(3)4)70-45(46)36-39(59)37(57)29(7)66-51(36)69-32/h11,21,26-33,36-48,51-54,57-62H,10,12-20,22-25H2,1-9H3/b21-11+/t27?,28-,29-,30-,31+,32?,33-,36+,37-,38-,39-,40+,41-,42-,43-,44+,45+,46-,47-,48-,51+,52+,53+/m1/s1. The highest BCUT2D eigenvalue weighted by molar-refractivity contribution is 5.82. The van der Waals surface area contributed by atoms with Crippen LogP contribution in [0.5, 0.6) is 0 Å². The van der Waals surface area contributed by atoms with Crippen molar-refractivity contribution in [2.24, 2.45) is 17.8 Å². The number of rotatable bonds is 14. The van der Waals surface area contributed by atoms with Crippen molar-refractivity contribution in [3.8, 4) is 0 Å². The van der Waals surface area contributed by atoms with Gasteiger partial charge in [-0.25, -0.2) is 4.79 Å². The zero-order valence-corrected chi connectivity index (χ0v) is 45.2. The van der Waals surface area contributed by atoms with Crippen molar-refractivity contribution in [3.05, 3.63) is 12.2 Å². The van der Waals surface area contributed by atoms with Crippen LogP contribution in [0.4, 0.5) is 0 Å². The van der Waals surface area contributed by atoms with Crippen LogP contribution in [0.25, 0.3) is 0 Å². The lowest BCUT2D eigenvalue weighted by Crippen LogP contribution is -2.70. The van der Waals surface area contributed by atoms with Crippen LogP contribution in [-0.2, 0) is 71.3 Å². The minimum absolute atomic E-state index is 0.0863. The van der Waals surface area contributed by atoms with Gasteiger partial charge < -0.3 is 87.9 Å². The van der Waals surface area contributed by atoms with Gasteiger partial charge in [-0.05, 0) is 60.8 Å². The van der Waals surface area contributed by atoms with Crippen LogP contribution in [0.2, 0.25) is 0 Å². The number of aliphatic hydroxyl groups excluding tert-OH is 7. The highest BCUT2D eigenvalue weighted by Crippen LogP contribution is 2.41. The average molecular weight is 1080 g/mol. The molecule has 75 heavy (non-hydrogen) atoms. The number of unbranched alkanes of at least 4 members (excludes halogenated alkanes) is 2. The molecular weight excluding hydrogens is 989 g/mol. The average Bonchev–Trinajstić information content (AvgIpc) is 3.35. The summed E-state index contributed by atoms with van der Waals surface area (Å²) in [5.41, 5.74) is 0. The quantitative estimate of drug-likeness (QED) is 0.0569. The third-order valence-electron chi connectivity index (χ3n) is 15.0. The van der Waals surface area contributed by atoms with E-state index in [4.69, 9.17) is 52.1 Å². The Kier molecular flexibility index (Phi) is 25.0. The Balaban J connectivity index is 1.63. The zero-order chi connectivity index (χ0) is 55.3. The number of esters is 4. The maximum atomic E-state index is 14.0. The Morgan fingerprint density at radius 1 is 0.653 bits per heavy atom. The minimum Gasteiger partial charge on any atom is -0.463 e. The van der Waals surface area contributed by atoms with Crippen LogP contribution < -0.4 is 0 Å². The van der Waals surface area contributed by atoms with E-state index in [1.54, 1.807) is 27.7 Å². The summed E-state index contributed by atoms with van der Waals surface area (Å²) in [5.74, 6) is -6.36. The van der Waals surface area contributed by atoms with Crippen molar-refractivity contribution in [2.75, 3.05) is 6.61 Å². The number of aliphatic hydroxyl groups is 7. The highest BCUT2D eigenvalue weighted by Gasteiger charge is 2.60. The van der Waals surface area contributed by atoms with Crippen molar-refractivity contribution >= 4 is 23.9 Å². The van der Waals surface area contributed by atoms with E-state index in [0.717, 1.165) is 57.4 Å². The first-order valence-corrected chi connectivity index (χ1v) is 27.3. The molecule has 5 heterocycles. The molecule has 0 aliphatic carbocycles. The van der Waals surface area contributed by atoms with E-state index >= 15 is 0 Å². The van der Waals surface area contributed by atoms with E-state index in [1.165, 1.54) is 33.8 Å². The van der Waals surface area contributed by atoms with Crippen molar-refractivity contribution in [1.29, 1.82) is 0 Å². The van der Waals surface area contributed by atoms with E-state index in [1.807, 2.05) is 0 Å². The number of hydrogen-bond donors (Lipinski definition) is 7. The van der Waals surface area contributed by atoms with Crippen LogP contribution in [0.3, 0.4) is 0 Å². The van der Waals surface area contributed by atoms with Crippen molar-refractivity contribution in [3.63, 3.8) is 0 Å². The first-order chi connectivity index (χ1) is 35.6. The van der Waals surface area contributed by atoms with Crippen LogP contribution >= 0.6 is 0 Å². The SMILES string of the molecule is C/C=C/C(=O)O[C@H]1[C@H](O)[C@@H](O)[C@H](O[C@@H]2[C@H]3OC(=O)CCCCCCCCCC(CCCCC)O[C@@H]4O[C@H](C)[C@@H](O)[C@H](O)[C@H]4[C@@H]4O[C@H](COC(=O)C(C)C)[C@@H](O)[C@H](O)[C@H]4O[C@H](O[C@H]2C)[C@@H]3OC(=O)C(C)[C@@H](C)O)O[C@@H]1C. The Bertz CT molecular complexity index is 1800. The largest absolute Gasteiger partial charge is 0.463 e. The number of hydrogen-bond acceptors (Lipinski definition) is 22. The summed E-state index contributed by atoms with van der Waals surface area (Å²) in [6.45, 7) is 13.6. The minimum atomic E-state index is -1.97. The molecule has 2 bridgehead atoms. The summed E-state index contributed by atoms with van der Waals surface area (Å²) in [6, 6.07) is 0. The van der Waals surface area contributed by atoms with Gasteiger partial charge in [-0.15, -0.1) is 0 Å². The maximum absolute atomic E-state index is 14.0. The molecule has 0 aromatic rings. The lowest BCUT2D eigenvalue weighted by atomic mass is 9.80. The van der Waals surface area contributed by atoms with Gasteiger partial charge in [-0.3, -0.25) is 14.4 Å². The molecule has 5 fully saturated rings. The molecule has 2 unspecified atom stereocenters. The van der Waals surface area contributed by atoms with Gasteiger partial charge in [0.25, 0.3) is 0 Å². The van der Waals surface area contributed by atoms with Crippen LogP contribution in [0, 0.1) is 17.8 Å². The molecule has 5 aliphatic rings. The first-order valence-electron chi connectivity index (χ1n) is 27.3. The number of carbonyl (C=O) groups is 4. The summed E-state index contributed by atoms with van der Waals surface area (Å²) in [4.78, 5) is 53.3. The molecule has 22 nitrogen and oxygen atoms in total. The molecule has 0 aromatic carbocycles. The van der Waals surface area contributed by atoms with E-state index < -0.39 is 171 Å². The number of ether oxygens (including phenoxy) is 11. The Morgan fingerprint density at radius 2 is 1.31 bits per heavy atom. The number of carbonyl (C=O) groups excluding carboxylic acids is 4. The van der Waals surface area contributed by atoms with Gasteiger partial charge in [-0.1, -0.05) is 84.6 Å². The van der Waals surface area contributed by atoms with Crippen LogP contribution in [0.15, 0.2) is 12.2 Å². The van der Waals surface area contributed by atoms with Crippen LogP contribution in [0.1, 0.15) is 146 Å². The molecule has 0 saturated carbocycles. The van der Waals surface area contributed by atoms with Crippen molar-refractivity contribution in [2.45, 2.75) is 275 Å². The number of allylic oxidation sites excluding steroid dienone is 1. The molecule has 5 rings (SSSR count). The third kappa shape index (κ3) is 16.8. The fourth-order valence-electron chi connectivity index (χ4n) is 10.1. The summed E-state index contributed by atoms with van der Waals surface area (Å²) in [5, 5.41) is 81.0. The molecule has 0 amide bonds. The third-order valence-corrected chi connectivity index (χ3v) is 15.0. The second-order valence-electron chi connectivity index (χ2n) is 21.3. The van der Waals surface area contributed by atoms with Gasteiger partial charge in [0.2, 0.25) is 0 Å². The molecular formula is C53H88O22. The van der Waals surface area contributed by atoms with Gasteiger partial charge >= 0.3 is 23.9 Å². The topological polar surface area (TPSA) is 311 Å². The van der Waals surface area contributed by atoms with E-state index in [2.05, 4.69) is 6.92 Å². The van der Waals surface area contributed by atoms with Gasteiger partial charge in [0.1, 0.15) is 55.4 Å².